The van der Waals surface area contributed by atoms with E-state index in [4.69, 9.17) is 21.9 Å². The molecule has 0 radical (unpaired) electrons. The number of carboxylic acid groups (broad SMARTS) is 1. The minimum Gasteiger partial charge on any atom is -0.478 e. The zero-order chi connectivity index (χ0) is 13.8. The summed E-state index contributed by atoms with van der Waals surface area (Å²) in [4.78, 5) is 10.8. The Morgan fingerprint density at radius 1 is 1.00 bits per heavy atom. The number of carboxylic acids is 1. The lowest BCUT2D eigenvalue weighted by Crippen LogP contribution is -2.05. The summed E-state index contributed by atoms with van der Waals surface area (Å²) in [5.74, 6) is -1.01. The van der Waals surface area contributed by atoms with Crippen molar-refractivity contribution in [1.29, 1.82) is 0 Å². The van der Waals surface area contributed by atoms with Crippen molar-refractivity contribution in [3.63, 3.8) is 0 Å². The highest BCUT2D eigenvalue weighted by atomic mass is 35.5. The van der Waals surface area contributed by atoms with Gasteiger partial charge in [-0.15, -0.1) is 0 Å². The molecular weight excluding hydrogens is 266 g/mol. The van der Waals surface area contributed by atoms with Crippen LogP contribution in [-0.2, 0) is 0 Å². The summed E-state index contributed by atoms with van der Waals surface area (Å²) in [5.41, 5.74) is 1.62. The van der Waals surface area contributed by atoms with Crippen molar-refractivity contribution in [2.24, 2.45) is 5.16 Å². The van der Waals surface area contributed by atoms with E-state index in [2.05, 4.69) is 5.16 Å². The molecule has 4 nitrogen and oxygen atoms in total. The van der Waals surface area contributed by atoms with Crippen LogP contribution in [0.3, 0.4) is 0 Å². The molecule has 0 atom stereocenters. The minimum absolute atomic E-state index is 0.167. The molecule has 96 valence electrons. The van der Waals surface area contributed by atoms with Crippen molar-refractivity contribution in [3.05, 3.63) is 70.2 Å². The smallest absolute Gasteiger partial charge is 0.335 e. The summed E-state index contributed by atoms with van der Waals surface area (Å²) < 4.78 is 0. The molecule has 0 unspecified atom stereocenters. The zero-order valence-electron chi connectivity index (χ0n) is 9.75. The van der Waals surface area contributed by atoms with Gasteiger partial charge in [0.05, 0.1) is 10.6 Å². The average molecular weight is 276 g/mol. The highest BCUT2D eigenvalue weighted by Crippen LogP contribution is 2.20. The number of hydrogen-bond donors (Lipinski definition) is 2. The van der Waals surface area contributed by atoms with Gasteiger partial charge in [0.1, 0.15) is 5.71 Å². The maximum atomic E-state index is 10.8. The van der Waals surface area contributed by atoms with Gasteiger partial charge in [-0.3, -0.25) is 0 Å². The molecular formula is C14H10ClNO3. The predicted molar refractivity (Wildman–Crippen MR) is 72.3 cm³/mol. The van der Waals surface area contributed by atoms with Crippen molar-refractivity contribution in [2.45, 2.75) is 0 Å². The minimum atomic E-state index is -1.01. The fourth-order valence-corrected chi connectivity index (χ4v) is 1.92. The molecule has 2 aromatic rings. The van der Waals surface area contributed by atoms with Crippen LogP contribution in [0.4, 0.5) is 0 Å². The summed E-state index contributed by atoms with van der Waals surface area (Å²) in [6.45, 7) is 0. The zero-order valence-corrected chi connectivity index (χ0v) is 10.5. The number of halogens is 1. The SMILES string of the molecule is O=C(O)c1ccc(C(=NO)c2ccccc2Cl)cc1. The Labute approximate surface area is 114 Å². The van der Waals surface area contributed by atoms with Crippen molar-refractivity contribution >= 4 is 23.3 Å². The van der Waals surface area contributed by atoms with E-state index < -0.39 is 5.97 Å². The van der Waals surface area contributed by atoms with Crippen molar-refractivity contribution in [1.82, 2.24) is 0 Å². The number of hydrogen-bond acceptors (Lipinski definition) is 3. The van der Waals surface area contributed by atoms with E-state index in [0.717, 1.165) is 0 Å². The Bertz CT molecular complexity index is 635. The maximum Gasteiger partial charge on any atom is 0.335 e. The van der Waals surface area contributed by atoms with Crippen LogP contribution in [0.25, 0.3) is 0 Å². The van der Waals surface area contributed by atoms with Crippen LogP contribution in [0, 0.1) is 0 Å². The third-order valence-corrected chi connectivity index (χ3v) is 2.96. The largest absolute Gasteiger partial charge is 0.478 e. The first kappa shape index (κ1) is 13.1. The predicted octanol–water partition coefficient (Wildman–Crippen LogP) is 3.26. The molecule has 5 heteroatoms. The first-order valence-corrected chi connectivity index (χ1v) is 5.82. The van der Waals surface area contributed by atoms with E-state index in [9.17, 15) is 4.79 Å². The standard InChI is InChI=1S/C14H10ClNO3/c15-12-4-2-1-3-11(12)13(16-19)9-5-7-10(8-6-9)14(17)18/h1-8,19H,(H,17,18). The van der Waals surface area contributed by atoms with Crippen LogP contribution >= 0.6 is 11.6 Å². The second-order valence-corrected chi connectivity index (χ2v) is 4.22. The molecule has 19 heavy (non-hydrogen) atoms. The Hall–Kier alpha value is -2.33. The van der Waals surface area contributed by atoms with E-state index >= 15 is 0 Å². The Morgan fingerprint density at radius 3 is 2.11 bits per heavy atom. The fraction of sp³-hybridized carbons (Fsp3) is 0. The lowest BCUT2D eigenvalue weighted by molar-refractivity contribution is 0.0697. The number of oxime groups is 1. The second kappa shape index (κ2) is 5.54. The van der Waals surface area contributed by atoms with E-state index in [1.165, 1.54) is 12.1 Å². The number of aromatic carboxylic acids is 1. The first-order valence-electron chi connectivity index (χ1n) is 5.44. The van der Waals surface area contributed by atoms with Crippen molar-refractivity contribution in [2.75, 3.05) is 0 Å². The fourth-order valence-electron chi connectivity index (χ4n) is 1.69. The molecule has 0 heterocycles. The second-order valence-electron chi connectivity index (χ2n) is 3.81. The third kappa shape index (κ3) is 2.74. The first-order chi connectivity index (χ1) is 9.13. The summed E-state index contributed by atoms with van der Waals surface area (Å²) in [5, 5.41) is 21.7. The van der Waals surface area contributed by atoms with Gasteiger partial charge >= 0.3 is 5.97 Å². The monoisotopic (exact) mass is 275 g/mol. The molecule has 2 aromatic carbocycles. The summed E-state index contributed by atoms with van der Waals surface area (Å²) in [6.07, 6.45) is 0. The molecule has 0 spiro atoms. The van der Waals surface area contributed by atoms with Crippen LogP contribution in [0.15, 0.2) is 53.7 Å². The Balaban J connectivity index is 2.44. The molecule has 0 aliphatic heterocycles. The van der Waals surface area contributed by atoms with Gasteiger partial charge in [-0.2, -0.15) is 0 Å². The lowest BCUT2D eigenvalue weighted by atomic mass is 10.0. The molecule has 0 aromatic heterocycles. The quantitative estimate of drug-likeness (QED) is 0.513. The Morgan fingerprint density at radius 2 is 1.58 bits per heavy atom. The van der Waals surface area contributed by atoms with Crippen LogP contribution in [0.5, 0.6) is 0 Å². The van der Waals surface area contributed by atoms with Gasteiger partial charge in [0.15, 0.2) is 0 Å². The molecule has 0 fully saturated rings. The van der Waals surface area contributed by atoms with Crippen LogP contribution in [-0.4, -0.2) is 22.0 Å². The normalized spacial score (nSPS) is 11.3. The lowest BCUT2D eigenvalue weighted by Gasteiger charge is -2.07. The molecule has 0 amide bonds. The van der Waals surface area contributed by atoms with Gasteiger partial charge in [-0.1, -0.05) is 47.1 Å². The maximum absolute atomic E-state index is 10.8. The molecule has 2 N–H and O–H groups in total. The third-order valence-electron chi connectivity index (χ3n) is 2.63. The number of benzene rings is 2. The van der Waals surface area contributed by atoms with Crippen LogP contribution < -0.4 is 0 Å². The molecule has 0 saturated carbocycles. The Kier molecular flexibility index (Phi) is 3.82. The molecule has 0 aliphatic rings. The number of nitrogens with zero attached hydrogens (tertiary/aromatic N) is 1. The average Bonchev–Trinajstić information content (AvgIpc) is 2.42. The highest BCUT2D eigenvalue weighted by molar-refractivity contribution is 6.35. The van der Waals surface area contributed by atoms with Gasteiger partial charge in [0, 0.05) is 11.1 Å². The summed E-state index contributed by atoms with van der Waals surface area (Å²) >= 11 is 6.04. The van der Waals surface area contributed by atoms with Gasteiger partial charge in [0.2, 0.25) is 0 Å². The van der Waals surface area contributed by atoms with Crippen LogP contribution in [0.2, 0.25) is 5.02 Å². The van der Waals surface area contributed by atoms with Gasteiger partial charge in [-0.05, 0) is 18.2 Å². The molecule has 0 bridgehead atoms. The van der Waals surface area contributed by atoms with E-state index in [1.54, 1.807) is 36.4 Å². The van der Waals surface area contributed by atoms with Crippen LogP contribution in [0.1, 0.15) is 21.5 Å². The number of carbonyl (C=O) groups is 1. The topological polar surface area (TPSA) is 69.9 Å². The molecule has 0 aliphatic carbocycles. The van der Waals surface area contributed by atoms with E-state index in [-0.39, 0.29) is 5.56 Å². The van der Waals surface area contributed by atoms with Gasteiger partial charge in [-0.25, -0.2) is 4.79 Å². The number of rotatable bonds is 3. The van der Waals surface area contributed by atoms with E-state index in [1.807, 2.05) is 0 Å². The molecule has 2 rings (SSSR count). The molecule has 0 saturated heterocycles. The van der Waals surface area contributed by atoms with Crippen molar-refractivity contribution < 1.29 is 15.1 Å². The summed E-state index contributed by atoms with van der Waals surface area (Å²) in [6, 6.07) is 13.0. The van der Waals surface area contributed by atoms with Gasteiger partial charge < -0.3 is 10.3 Å². The van der Waals surface area contributed by atoms with Gasteiger partial charge in [0.25, 0.3) is 0 Å². The van der Waals surface area contributed by atoms with Crippen molar-refractivity contribution in [3.8, 4) is 0 Å². The van der Waals surface area contributed by atoms with E-state index in [0.29, 0.717) is 21.9 Å². The summed E-state index contributed by atoms with van der Waals surface area (Å²) in [7, 11) is 0. The highest BCUT2D eigenvalue weighted by Gasteiger charge is 2.12.